The van der Waals surface area contributed by atoms with Crippen LogP contribution in [0, 0.1) is 13.8 Å². The van der Waals surface area contributed by atoms with E-state index in [2.05, 4.69) is 4.74 Å². The molecule has 16 heavy (non-hydrogen) atoms. The van der Waals surface area contributed by atoms with Gasteiger partial charge >= 0.3 is 5.97 Å². The highest BCUT2D eigenvalue weighted by Crippen LogP contribution is 2.26. The summed E-state index contributed by atoms with van der Waals surface area (Å²) in [7, 11) is 1.28. The van der Waals surface area contributed by atoms with E-state index in [9.17, 15) is 9.90 Å². The Balaban J connectivity index is 3.04. The molecule has 1 N–H and O–H groups in total. The third-order valence-electron chi connectivity index (χ3n) is 2.91. The Bertz CT molecular complexity index is 365. The summed E-state index contributed by atoms with van der Waals surface area (Å²) >= 11 is 0. The first kappa shape index (κ1) is 12.7. The van der Waals surface area contributed by atoms with Crippen molar-refractivity contribution in [1.82, 2.24) is 0 Å². The highest BCUT2D eigenvalue weighted by atomic mass is 16.5. The van der Waals surface area contributed by atoms with E-state index in [1.807, 2.05) is 39.0 Å². The van der Waals surface area contributed by atoms with Crippen LogP contribution in [0.4, 0.5) is 0 Å². The van der Waals surface area contributed by atoms with Crippen LogP contribution in [-0.2, 0) is 9.53 Å². The Hall–Kier alpha value is -1.35. The third kappa shape index (κ3) is 2.42. The number of aliphatic hydroxyl groups is 1. The van der Waals surface area contributed by atoms with Gasteiger partial charge in [-0.1, -0.05) is 25.1 Å². The molecule has 0 saturated heterocycles. The average molecular weight is 222 g/mol. The second-order valence-electron chi connectivity index (χ2n) is 4.06. The Kier molecular flexibility index (Phi) is 4.07. The molecule has 1 aromatic rings. The number of aryl methyl sites for hydroxylation is 2. The fourth-order valence-corrected chi connectivity index (χ4v) is 2.03. The molecular weight excluding hydrogens is 204 g/mol. The molecule has 3 heteroatoms. The molecule has 88 valence electrons. The lowest BCUT2D eigenvalue weighted by molar-refractivity contribution is -0.151. The van der Waals surface area contributed by atoms with Gasteiger partial charge in [0.2, 0.25) is 0 Å². The molecule has 0 spiro atoms. The smallest absolute Gasteiger partial charge is 0.335 e. The van der Waals surface area contributed by atoms with Gasteiger partial charge in [-0.25, -0.2) is 4.79 Å². The molecule has 0 radical (unpaired) electrons. The number of hydrogen-bond acceptors (Lipinski definition) is 3. The lowest BCUT2D eigenvalue weighted by Gasteiger charge is -2.21. The average Bonchev–Trinajstić information content (AvgIpc) is 2.26. The van der Waals surface area contributed by atoms with Crippen molar-refractivity contribution in [2.45, 2.75) is 32.8 Å². The van der Waals surface area contributed by atoms with Crippen LogP contribution < -0.4 is 0 Å². The Morgan fingerprint density at radius 2 is 1.81 bits per heavy atom. The number of ether oxygens (including phenoxy) is 1. The maximum Gasteiger partial charge on any atom is 0.335 e. The van der Waals surface area contributed by atoms with Crippen LogP contribution in [0.25, 0.3) is 0 Å². The lowest BCUT2D eigenvalue weighted by atomic mass is 9.88. The van der Waals surface area contributed by atoms with Crippen LogP contribution >= 0.6 is 0 Å². The molecule has 3 nitrogen and oxygen atoms in total. The fraction of sp³-hybridized carbons (Fsp3) is 0.462. The molecule has 0 heterocycles. The molecule has 0 saturated carbocycles. The van der Waals surface area contributed by atoms with Crippen LogP contribution in [0.15, 0.2) is 18.2 Å². The van der Waals surface area contributed by atoms with Crippen LogP contribution in [0.1, 0.15) is 29.5 Å². The molecule has 1 aromatic carbocycles. The van der Waals surface area contributed by atoms with E-state index in [1.165, 1.54) is 7.11 Å². The van der Waals surface area contributed by atoms with E-state index in [1.54, 1.807) is 0 Å². The first-order valence-corrected chi connectivity index (χ1v) is 5.31. The van der Waals surface area contributed by atoms with Gasteiger partial charge in [-0.05, 0) is 30.5 Å². The van der Waals surface area contributed by atoms with Crippen molar-refractivity contribution in [3.63, 3.8) is 0 Å². The highest BCUT2D eigenvalue weighted by molar-refractivity contribution is 5.75. The minimum atomic E-state index is -1.11. The van der Waals surface area contributed by atoms with Crippen molar-refractivity contribution in [3.05, 3.63) is 34.9 Å². The van der Waals surface area contributed by atoms with Gasteiger partial charge in [0.25, 0.3) is 0 Å². The summed E-state index contributed by atoms with van der Waals surface area (Å²) in [5.74, 6) is -0.844. The quantitative estimate of drug-likeness (QED) is 0.795. The van der Waals surface area contributed by atoms with Crippen LogP contribution in [-0.4, -0.2) is 24.3 Å². The van der Waals surface area contributed by atoms with Gasteiger partial charge < -0.3 is 9.84 Å². The predicted octanol–water partition coefficient (Wildman–Crippen LogP) is 1.94. The molecule has 0 fully saturated rings. The van der Waals surface area contributed by atoms with Gasteiger partial charge in [-0.2, -0.15) is 0 Å². The van der Waals surface area contributed by atoms with E-state index in [0.29, 0.717) is 0 Å². The number of carbonyl (C=O) groups excluding carboxylic acids is 1. The maximum absolute atomic E-state index is 11.3. The Labute approximate surface area is 96.1 Å². The number of aliphatic hydroxyl groups excluding tert-OH is 1. The largest absolute Gasteiger partial charge is 0.467 e. The van der Waals surface area contributed by atoms with Crippen LogP contribution in [0.5, 0.6) is 0 Å². The van der Waals surface area contributed by atoms with Crippen molar-refractivity contribution >= 4 is 5.97 Å². The standard InChI is InChI=1S/C13H18O3/c1-8-6-5-7-9(2)11(8)10(3)12(14)13(15)16-4/h5-7,10,12,14H,1-4H3/t10-,12+/m0/s1. The van der Waals surface area contributed by atoms with Gasteiger partial charge in [0.1, 0.15) is 0 Å². The molecule has 0 bridgehead atoms. The summed E-state index contributed by atoms with van der Waals surface area (Å²) in [6, 6.07) is 5.91. The van der Waals surface area contributed by atoms with Gasteiger partial charge in [-0.3, -0.25) is 0 Å². The van der Waals surface area contributed by atoms with E-state index >= 15 is 0 Å². The Morgan fingerprint density at radius 3 is 2.25 bits per heavy atom. The van der Waals surface area contributed by atoms with Gasteiger partial charge in [0.15, 0.2) is 6.10 Å². The summed E-state index contributed by atoms with van der Waals surface area (Å²) in [6.45, 7) is 5.78. The Morgan fingerprint density at radius 1 is 1.31 bits per heavy atom. The number of benzene rings is 1. The first-order valence-electron chi connectivity index (χ1n) is 5.31. The zero-order chi connectivity index (χ0) is 12.3. The molecule has 0 aliphatic heterocycles. The topological polar surface area (TPSA) is 46.5 Å². The molecule has 0 aliphatic carbocycles. The van der Waals surface area contributed by atoms with E-state index < -0.39 is 12.1 Å². The van der Waals surface area contributed by atoms with Crippen LogP contribution in [0.2, 0.25) is 0 Å². The molecule has 0 aliphatic rings. The van der Waals surface area contributed by atoms with Gasteiger partial charge in [-0.15, -0.1) is 0 Å². The van der Waals surface area contributed by atoms with Crippen molar-refractivity contribution < 1.29 is 14.6 Å². The molecular formula is C13H18O3. The number of rotatable bonds is 3. The predicted molar refractivity (Wildman–Crippen MR) is 62.4 cm³/mol. The van der Waals surface area contributed by atoms with Crippen molar-refractivity contribution in [2.75, 3.05) is 7.11 Å². The number of carbonyl (C=O) groups is 1. The summed E-state index contributed by atoms with van der Waals surface area (Å²) in [6.07, 6.45) is -1.11. The van der Waals surface area contributed by atoms with Crippen molar-refractivity contribution in [2.24, 2.45) is 0 Å². The van der Waals surface area contributed by atoms with Gasteiger partial charge in [0.05, 0.1) is 7.11 Å². The third-order valence-corrected chi connectivity index (χ3v) is 2.91. The van der Waals surface area contributed by atoms with Gasteiger partial charge in [0, 0.05) is 5.92 Å². The number of esters is 1. The monoisotopic (exact) mass is 222 g/mol. The van der Waals surface area contributed by atoms with Crippen LogP contribution in [0.3, 0.4) is 0 Å². The SMILES string of the molecule is COC(=O)[C@H](O)[C@@H](C)c1c(C)cccc1C. The molecule has 2 atom stereocenters. The highest BCUT2D eigenvalue weighted by Gasteiger charge is 2.26. The number of hydrogen-bond donors (Lipinski definition) is 1. The normalized spacial score (nSPS) is 14.3. The summed E-state index contributed by atoms with van der Waals surface area (Å²) in [4.78, 5) is 11.3. The number of methoxy groups -OCH3 is 1. The molecule has 0 aromatic heterocycles. The molecule has 1 rings (SSSR count). The minimum Gasteiger partial charge on any atom is -0.467 e. The summed E-state index contributed by atoms with van der Waals surface area (Å²) in [5, 5.41) is 9.81. The zero-order valence-electron chi connectivity index (χ0n) is 10.2. The molecule has 0 unspecified atom stereocenters. The van der Waals surface area contributed by atoms with E-state index in [-0.39, 0.29) is 5.92 Å². The van der Waals surface area contributed by atoms with Crippen molar-refractivity contribution in [3.8, 4) is 0 Å². The minimum absolute atomic E-state index is 0.256. The zero-order valence-corrected chi connectivity index (χ0v) is 10.2. The maximum atomic E-state index is 11.3. The fourth-order valence-electron chi connectivity index (χ4n) is 2.03. The summed E-state index contributed by atoms with van der Waals surface area (Å²) < 4.78 is 4.55. The van der Waals surface area contributed by atoms with E-state index in [0.717, 1.165) is 16.7 Å². The first-order chi connectivity index (χ1) is 7.49. The second kappa shape index (κ2) is 5.12. The summed E-state index contributed by atoms with van der Waals surface area (Å²) in [5.41, 5.74) is 3.17. The molecule has 0 amide bonds. The van der Waals surface area contributed by atoms with E-state index in [4.69, 9.17) is 0 Å². The second-order valence-corrected chi connectivity index (χ2v) is 4.06. The lowest BCUT2D eigenvalue weighted by Crippen LogP contribution is -2.28. The van der Waals surface area contributed by atoms with Crippen molar-refractivity contribution in [1.29, 1.82) is 0 Å².